The standard InChI is InChI=1S/C13H19BrN2O2/c1-2-15-7-11-3-4-12(18-11)9-17-13-5-10(14)6-16-8-13/h5-6,8,11-12,15H,2-4,7,9H2,1H3. The van der Waals surface area contributed by atoms with Crippen molar-refractivity contribution in [1.82, 2.24) is 10.3 Å². The van der Waals surface area contributed by atoms with E-state index in [0.717, 1.165) is 36.2 Å². The van der Waals surface area contributed by atoms with Crippen molar-refractivity contribution in [3.8, 4) is 5.75 Å². The first-order chi connectivity index (χ1) is 8.78. The van der Waals surface area contributed by atoms with Crippen LogP contribution in [0.5, 0.6) is 5.75 Å². The number of rotatable bonds is 6. The number of nitrogens with zero attached hydrogens (tertiary/aromatic N) is 1. The second kappa shape index (κ2) is 7.07. The molecule has 0 saturated carbocycles. The smallest absolute Gasteiger partial charge is 0.138 e. The maximum Gasteiger partial charge on any atom is 0.138 e. The van der Waals surface area contributed by atoms with Gasteiger partial charge in [0, 0.05) is 17.2 Å². The molecule has 1 fully saturated rings. The third kappa shape index (κ3) is 4.23. The van der Waals surface area contributed by atoms with E-state index in [1.807, 2.05) is 6.07 Å². The van der Waals surface area contributed by atoms with Gasteiger partial charge in [-0.25, -0.2) is 0 Å². The molecule has 0 amide bonds. The van der Waals surface area contributed by atoms with Gasteiger partial charge >= 0.3 is 0 Å². The first-order valence-corrected chi connectivity index (χ1v) is 7.16. The van der Waals surface area contributed by atoms with Crippen LogP contribution in [0.25, 0.3) is 0 Å². The Bertz CT molecular complexity index is 376. The maximum atomic E-state index is 5.90. The van der Waals surface area contributed by atoms with Crippen LogP contribution < -0.4 is 10.1 Å². The van der Waals surface area contributed by atoms with E-state index in [1.54, 1.807) is 12.4 Å². The van der Waals surface area contributed by atoms with Crippen LogP contribution in [0, 0.1) is 0 Å². The van der Waals surface area contributed by atoms with E-state index >= 15 is 0 Å². The fourth-order valence-electron chi connectivity index (χ4n) is 2.02. The van der Waals surface area contributed by atoms with Crippen molar-refractivity contribution in [1.29, 1.82) is 0 Å². The number of hydrogen-bond donors (Lipinski definition) is 1. The maximum absolute atomic E-state index is 5.90. The van der Waals surface area contributed by atoms with E-state index in [0.29, 0.717) is 12.7 Å². The molecule has 0 radical (unpaired) electrons. The zero-order valence-corrected chi connectivity index (χ0v) is 12.1. The number of likely N-dealkylation sites (N-methyl/N-ethyl adjacent to an activating group) is 1. The third-order valence-corrected chi connectivity index (χ3v) is 3.37. The Morgan fingerprint density at radius 1 is 1.44 bits per heavy atom. The summed E-state index contributed by atoms with van der Waals surface area (Å²) in [5.74, 6) is 0.781. The zero-order chi connectivity index (χ0) is 12.8. The summed E-state index contributed by atoms with van der Waals surface area (Å²) in [6, 6.07) is 1.91. The molecule has 1 aliphatic rings. The number of aromatic nitrogens is 1. The van der Waals surface area contributed by atoms with Gasteiger partial charge in [-0.05, 0) is 41.4 Å². The van der Waals surface area contributed by atoms with Crippen molar-refractivity contribution in [2.45, 2.75) is 32.0 Å². The molecule has 2 rings (SSSR count). The molecule has 5 heteroatoms. The predicted molar refractivity (Wildman–Crippen MR) is 73.9 cm³/mol. The lowest BCUT2D eigenvalue weighted by Gasteiger charge is -2.14. The molecule has 1 saturated heterocycles. The SMILES string of the molecule is CCNCC1CCC(COc2cncc(Br)c2)O1. The molecule has 1 aliphatic heterocycles. The summed E-state index contributed by atoms with van der Waals surface area (Å²) < 4.78 is 12.5. The Morgan fingerprint density at radius 2 is 2.28 bits per heavy atom. The fourth-order valence-corrected chi connectivity index (χ4v) is 2.36. The Kier molecular flexibility index (Phi) is 5.41. The van der Waals surface area contributed by atoms with Crippen molar-refractivity contribution in [2.75, 3.05) is 19.7 Å². The first-order valence-electron chi connectivity index (χ1n) is 6.37. The average Bonchev–Trinajstić information content (AvgIpc) is 2.82. The third-order valence-electron chi connectivity index (χ3n) is 2.93. The van der Waals surface area contributed by atoms with Gasteiger partial charge in [-0.15, -0.1) is 0 Å². The van der Waals surface area contributed by atoms with Crippen LogP contribution in [0.4, 0.5) is 0 Å². The summed E-state index contributed by atoms with van der Waals surface area (Å²) in [6.07, 6.45) is 6.17. The molecule has 2 atom stereocenters. The number of halogens is 1. The van der Waals surface area contributed by atoms with Crippen molar-refractivity contribution < 1.29 is 9.47 Å². The van der Waals surface area contributed by atoms with Gasteiger partial charge in [0.1, 0.15) is 12.4 Å². The number of nitrogens with one attached hydrogen (secondary N) is 1. The van der Waals surface area contributed by atoms with Crippen LogP contribution in [0.1, 0.15) is 19.8 Å². The topological polar surface area (TPSA) is 43.4 Å². The van der Waals surface area contributed by atoms with Gasteiger partial charge in [-0.3, -0.25) is 4.98 Å². The molecule has 0 bridgehead atoms. The van der Waals surface area contributed by atoms with Gasteiger partial charge in [0.25, 0.3) is 0 Å². The minimum absolute atomic E-state index is 0.202. The van der Waals surface area contributed by atoms with E-state index in [9.17, 15) is 0 Å². The summed E-state index contributed by atoms with van der Waals surface area (Å²) in [5, 5.41) is 3.31. The lowest BCUT2D eigenvalue weighted by molar-refractivity contribution is 0.0187. The van der Waals surface area contributed by atoms with Gasteiger partial charge in [-0.1, -0.05) is 6.92 Å². The van der Waals surface area contributed by atoms with Crippen molar-refractivity contribution in [3.63, 3.8) is 0 Å². The van der Waals surface area contributed by atoms with Crippen molar-refractivity contribution in [2.24, 2.45) is 0 Å². The van der Waals surface area contributed by atoms with E-state index in [-0.39, 0.29) is 6.10 Å². The quantitative estimate of drug-likeness (QED) is 0.875. The van der Waals surface area contributed by atoms with Crippen LogP contribution in [-0.4, -0.2) is 36.9 Å². The van der Waals surface area contributed by atoms with Gasteiger partial charge in [0.2, 0.25) is 0 Å². The lowest BCUT2D eigenvalue weighted by Crippen LogP contribution is -2.28. The summed E-state index contributed by atoms with van der Waals surface area (Å²) in [4.78, 5) is 4.06. The van der Waals surface area contributed by atoms with E-state index in [1.165, 1.54) is 0 Å². The highest BCUT2D eigenvalue weighted by Gasteiger charge is 2.25. The monoisotopic (exact) mass is 314 g/mol. The molecule has 2 unspecified atom stereocenters. The molecular weight excluding hydrogens is 296 g/mol. The Hall–Kier alpha value is -0.650. The molecular formula is C13H19BrN2O2. The molecule has 1 aromatic heterocycles. The predicted octanol–water partition coefficient (Wildman–Crippen LogP) is 2.38. The molecule has 100 valence electrons. The molecule has 0 aliphatic carbocycles. The van der Waals surface area contributed by atoms with E-state index in [4.69, 9.17) is 9.47 Å². The lowest BCUT2D eigenvalue weighted by atomic mass is 10.2. The number of ether oxygens (including phenoxy) is 2. The number of hydrogen-bond acceptors (Lipinski definition) is 4. The van der Waals surface area contributed by atoms with Gasteiger partial charge in [0.15, 0.2) is 0 Å². The molecule has 18 heavy (non-hydrogen) atoms. The van der Waals surface area contributed by atoms with Crippen LogP contribution in [0.2, 0.25) is 0 Å². The van der Waals surface area contributed by atoms with Crippen LogP contribution in [-0.2, 0) is 4.74 Å². The van der Waals surface area contributed by atoms with Gasteiger partial charge < -0.3 is 14.8 Å². The first kappa shape index (κ1) is 13.8. The summed E-state index contributed by atoms with van der Waals surface area (Å²) >= 11 is 3.37. The van der Waals surface area contributed by atoms with Crippen molar-refractivity contribution in [3.05, 3.63) is 22.9 Å². The van der Waals surface area contributed by atoms with E-state index < -0.39 is 0 Å². The minimum Gasteiger partial charge on any atom is -0.489 e. The van der Waals surface area contributed by atoms with Crippen LogP contribution in [0.15, 0.2) is 22.9 Å². The summed E-state index contributed by atoms with van der Waals surface area (Å²) in [6.45, 7) is 4.63. The Labute approximate surface area is 116 Å². The minimum atomic E-state index is 0.202. The summed E-state index contributed by atoms with van der Waals surface area (Å²) in [7, 11) is 0. The van der Waals surface area contributed by atoms with Crippen LogP contribution in [0.3, 0.4) is 0 Å². The molecule has 2 heterocycles. The average molecular weight is 315 g/mol. The Balaban J connectivity index is 1.72. The molecule has 1 aromatic rings. The molecule has 0 spiro atoms. The van der Waals surface area contributed by atoms with Gasteiger partial charge in [0.05, 0.1) is 18.4 Å². The highest BCUT2D eigenvalue weighted by molar-refractivity contribution is 9.10. The largest absolute Gasteiger partial charge is 0.489 e. The highest BCUT2D eigenvalue weighted by Crippen LogP contribution is 2.21. The molecule has 1 N–H and O–H groups in total. The fraction of sp³-hybridized carbons (Fsp3) is 0.615. The molecule has 4 nitrogen and oxygen atoms in total. The Morgan fingerprint density at radius 3 is 3.06 bits per heavy atom. The normalized spacial score (nSPS) is 23.2. The molecule has 0 aromatic carbocycles. The second-order valence-electron chi connectivity index (χ2n) is 4.41. The highest BCUT2D eigenvalue weighted by atomic mass is 79.9. The second-order valence-corrected chi connectivity index (χ2v) is 5.33. The van der Waals surface area contributed by atoms with Crippen LogP contribution >= 0.6 is 15.9 Å². The van der Waals surface area contributed by atoms with Crippen molar-refractivity contribution >= 4 is 15.9 Å². The van der Waals surface area contributed by atoms with E-state index in [2.05, 4.69) is 33.2 Å². The summed E-state index contributed by atoms with van der Waals surface area (Å²) in [5.41, 5.74) is 0. The zero-order valence-electron chi connectivity index (χ0n) is 10.6. The van der Waals surface area contributed by atoms with Gasteiger partial charge in [-0.2, -0.15) is 0 Å². The number of pyridine rings is 1.